The lowest BCUT2D eigenvalue weighted by Gasteiger charge is -2.17. The first-order valence-electron chi connectivity index (χ1n) is 11.7. The van der Waals surface area contributed by atoms with Crippen LogP contribution in [-0.4, -0.2) is 59.3 Å². The number of aliphatic carboxylic acids is 1. The van der Waals surface area contributed by atoms with Gasteiger partial charge in [0.15, 0.2) is 0 Å². The SMILES string of the molecule is O=C(NC[C@H](NS(=O)(=O)Cc1cccc(Cl)c1)C(=O)O)c1cnn(CCc2ccc3c(n2)NCCC3)c1. The summed E-state index contributed by atoms with van der Waals surface area (Å²) in [5.74, 6) is -1.52. The normalized spacial score (nSPS) is 13.9. The average Bonchev–Trinajstić information content (AvgIpc) is 3.34. The Morgan fingerprint density at radius 3 is 2.86 bits per heavy atom. The number of pyridine rings is 1. The molecule has 0 fully saturated rings. The summed E-state index contributed by atoms with van der Waals surface area (Å²) in [4.78, 5) is 28.8. The van der Waals surface area contributed by atoms with Crippen molar-refractivity contribution in [3.63, 3.8) is 0 Å². The fourth-order valence-corrected chi connectivity index (χ4v) is 5.45. The number of hydrogen-bond acceptors (Lipinski definition) is 7. The summed E-state index contributed by atoms with van der Waals surface area (Å²) in [6.45, 7) is 0.966. The van der Waals surface area contributed by atoms with E-state index in [0.717, 1.165) is 30.9 Å². The lowest BCUT2D eigenvalue weighted by Crippen LogP contribution is -2.48. The largest absolute Gasteiger partial charge is 0.480 e. The van der Waals surface area contributed by atoms with Gasteiger partial charge in [0.05, 0.1) is 17.5 Å². The van der Waals surface area contributed by atoms with Gasteiger partial charge in [-0.2, -0.15) is 9.82 Å². The summed E-state index contributed by atoms with van der Waals surface area (Å²) < 4.78 is 28.6. The molecule has 0 spiro atoms. The number of carbonyl (C=O) groups is 2. The van der Waals surface area contributed by atoms with Crippen LogP contribution >= 0.6 is 11.6 Å². The number of sulfonamides is 1. The quantitative estimate of drug-likeness (QED) is 0.284. The highest BCUT2D eigenvalue weighted by Gasteiger charge is 2.25. The number of fused-ring (bicyclic) bond motifs is 1. The molecule has 0 aliphatic carbocycles. The van der Waals surface area contributed by atoms with Crippen LogP contribution in [0.5, 0.6) is 0 Å². The Labute approximate surface area is 219 Å². The van der Waals surface area contributed by atoms with E-state index >= 15 is 0 Å². The van der Waals surface area contributed by atoms with Gasteiger partial charge in [0.1, 0.15) is 11.9 Å². The van der Waals surface area contributed by atoms with Gasteiger partial charge in [-0.25, -0.2) is 13.4 Å². The van der Waals surface area contributed by atoms with E-state index in [4.69, 9.17) is 11.6 Å². The molecule has 1 atom stereocenters. The van der Waals surface area contributed by atoms with E-state index in [1.54, 1.807) is 29.1 Å². The molecule has 1 aliphatic rings. The number of amides is 1. The molecule has 13 heteroatoms. The maximum atomic E-state index is 12.5. The highest BCUT2D eigenvalue weighted by Crippen LogP contribution is 2.20. The zero-order valence-electron chi connectivity index (χ0n) is 19.9. The molecule has 0 saturated carbocycles. The Morgan fingerprint density at radius 1 is 1.24 bits per heavy atom. The third-order valence-corrected chi connectivity index (χ3v) is 7.37. The fourth-order valence-electron chi connectivity index (χ4n) is 3.92. The van der Waals surface area contributed by atoms with Crippen molar-refractivity contribution in [1.29, 1.82) is 0 Å². The second-order valence-electron chi connectivity index (χ2n) is 8.69. The standard InChI is InChI=1S/C24H27ClN6O5S/c25-19-5-1-3-16(11-19)15-37(35,36)30-21(24(33)34)13-27-23(32)18-12-28-31(14-18)10-8-20-7-6-17-4-2-9-26-22(17)29-20/h1,3,5-7,11-12,14,21,30H,2,4,8-10,13,15H2,(H,26,29)(H,27,32)(H,33,34)/t21-/m0/s1. The van der Waals surface area contributed by atoms with Crippen molar-refractivity contribution in [3.8, 4) is 0 Å². The first kappa shape index (κ1) is 26.6. The van der Waals surface area contributed by atoms with Crippen LogP contribution in [0.25, 0.3) is 0 Å². The summed E-state index contributed by atoms with van der Waals surface area (Å²) in [6, 6.07) is 8.77. The number of nitrogens with one attached hydrogen (secondary N) is 3. The summed E-state index contributed by atoms with van der Waals surface area (Å²) in [5.41, 5.74) is 2.75. The first-order valence-corrected chi connectivity index (χ1v) is 13.7. The molecular formula is C24H27ClN6O5S. The van der Waals surface area contributed by atoms with Crippen LogP contribution in [0, 0.1) is 0 Å². The Bertz CT molecular complexity index is 1390. The predicted octanol–water partition coefficient (Wildman–Crippen LogP) is 1.83. The Balaban J connectivity index is 1.30. The monoisotopic (exact) mass is 546 g/mol. The van der Waals surface area contributed by atoms with Crippen LogP contribution in [-0.2, 0) is 40.0 Å². The molecule has 4 N–H and O–H groups in total. The summed E-state index contributed by atoms with van der Waals surface area (Å²) in [5, 5.41) is 19.8. The van der Waals surface area contributed by atoms with Crippen molar-refractivity contribution in [1.82, 2.24) is 24.8 Å². The van der Waals surface area contributed by atoms with Crippen LogP contribution in [0.4, 0.5) is 5.82 Å². The molecule has 0 saturated heterocycles. The third-order valence-electron chi connectivity index (χ3n) is 5.78. The van der Waals surface area contributed by atoms with Crippen LogP contribution in [0.1, 0.15) is 33.6 Å². The van der Waals surface area contributed by atoms with E-state index < -0.39 is 40.2 Å². The summed E-state index contributed by atoms with van der Waals surface area (Å²) >= 11 is 5.88. The van der Waals surface area contributed by atoms with Crippen molar-refractivity contribution >= 4 is 39.3 Å². The van der Waals surface area contributed by atoms with Crippen LogP contribution in [0.3, 0.4) is 0 Å². The smallest absolute Gasteiger partial charge is 0.323 e. The highest BCUT2D eigenvalue weighted by molar-refractivity contribution is 7.88. The minimum Gasteiger partial charge on any atom is -0.480 e. The van der Waals surface area contributed by atoms with Crippen molar-refractivity contribution in [3.05, 3.63) is 76.2 Å². The number of rotatable bonds is 11. The van der Waals surface area contributed by atoms with Gasteiger partial charge in [0.25, 0.3) is 5.91 Å². The van der Waals surface area contributed by atoms with Crippen LogP contribution in [0.15, 0.2) is 48.8 Å². The molecule has 37 heavy (non-hydrogen) atoms. The Kier molecular flexibility index (Phi) is 8.41. The number of nitrogens with zero attached hydrogens (tertiary/aromatic N) is 3. The molecular weight excluding hydrogens is 520 g/mol. The van der Waals surface area contributed by atoms with Crippen molar-refractivity contribution in [2.75, 3.05) is 18.4 Å². The van der Waals surface area contributed by atoms with Crippen molar-refractivity contribution in [2.24, 2.45) is 0 Å². The van der Waals surface area contributed by atoms with Crippen molar-refractivity contribution < 1.29 is 23.1 Å². The molecule has 3 heterocycles. The number of carboxylic acids is 1. The van der Waals surface area contributed by atoms with Crippen LogP contribution < -0.4 is 15.4 Å². The van der Waals surface area contributed by atoms with Gasteiger partial charge >= 0.3 is 5.97 Å². The lowest BCUT2D eigenvalue weighted by atomic mass is 10.1. The summed E-state index contributed by atoms with van der Waals surface area (Å²) in [6.07, 6.45) is 5.64. The molecule has 0 radical (unpaired) electrons. The molecule has 4 rings (SSSR count). The number of aryl methyl sites for hydroxylation is 3. The molecule has 0 bridgehead atoms. The zero-order chi connectivity index (χ0) is 26.4. The van der Waals surface area contributed by atoms with Gasteiger partial charge in [-0.1, -0.05) is 29.8 Å². The average molecular weight is 547 g/mol. The second kappa shape index (κ2) is 11.7. The van der Waals surface area contributed by atoms with Gasteiger partial charge in [-0.05, 0) is 42.2 Å². The van der Waals surface area contributed by atoms with E-state index in [-0.39, 0.29) is 5.56 Å². The number of benzene rings is 1. The van der Waals surface area contributed by atoms with E-state index in [9.17, 15) is 23.1 Å². The highest BCUT2D eigenvalue weighted by atomic mass is 35.5. The number of halogens is 1. The van der Waals surface area contributed by atoms with Crippen molar-refractivity contribution in [2.45, 2.75) is 37.6 Å². The molecule has 2 aromatic heterocycles. The number of aromatic nitrogens is 3. The second-order valence-corrected chi connectivity index (χ2v) is 10.9. The Hall–Kier alpha value is -3.48. The molecule has 11 nitrogen and oxygen atoms in total. The zero-order valence-corrected chi connectivity index (χ0v) is 21.4. The molecule has 0 unspecified atom stereocenters. The molecule has 1 aliphatic heterocycles. The lowest BCUT2D eigenvalue weighted by molar-refractivity contribution is -0.138. The van der Waals surface area contributed by atoms with Gasteiger partial charge in [0.2, 0.25) is 10.0 Å². The molecule has 196 valence electrons. The van der Waals surface area contributed by atoms with E-state index in [0.29, 0.717) is 23.6 Å². The minimum absolute atomic E-state index is 0.228. The fraction of sp³-hybridized carbons (Fsp3) is 0.333. The van der Waals surface area contributed by atoms with E-state index in [2.05, 4.69) is 31.5 Å². The number of carboxylic acid groups (broad SMARTS) is 1. The van der Waals surface area contributed by atoms with E-state index in [1.165, 1.54) is 17.8 Å². The van der Waals surface area contributed by atoms with Gasteiger partial charge < -0.3 is 15.7 Å². The van der Waals surface area contributed by atoms with Gasteiger partial charge in [-0.3, -0.25) is 14.3 Å². The molecule has 3 aromatic rings. The van der Waals surface area contributed by atoms with E-state index in [1.807, 2.05) is 6.07 Å². The summed E-state index contributed by atoms with van der Waals surface area (Å²) in [7, 11) is -4.01. The number of hydrogen-bond donors (Lipinski definition) is 4. The van der Waals surface area contributed by atoms with Gasteiger partial charge in [-0.15, -0.1) is 0 Å². The third kappa shape index (κ3) is 7.51. The first-order chi connectivity index (χ1) is 17.7. The van der Waals surface area contributed by atoms with Gasteiger partial charge in [0, 0.05) is 43.0 Å². The van der Waals surface area contributed by atoms with Crippen LogP contribution in [0.2, 0.25) is 5.02 Å². The Morgan fingerprint density at radius 2 is 2.08 bits per heavy atom. The maximum Gasteiger partial charge on any atom is 0.323 e. The predicted molar refractivity (Wildman–Crippen MR) is 138 cm³/mol. The topological polar surface area (TPSA) is 155 Å². The number of anilines is 1. The number of carbonyl (C=O) groups excluding carboxylic acids is 1. The molecule has 1 aromatic carbocycles. The minimum atomic E-state index is -4.01. The molecule has 1 amide bonds. The maximum absolute atomic E-state index is 12.5.